The Bertz CT molecular complexity index is 360. The molecule has 1 heterocycles. The summed E-state index contributed by atoms with van der Waals surface area (Å²) in [5.74, 6) is 3.18. The first-order valence-corrected chi connectivity index (χ1v) is 8.86. The van der Waals surface area contributed by atoms with E-state index >= 15 is 0 Å². The van der Waals surface area contributed by atoms with Gasteiger partial charge in [-0.05, 0) is 43.2 Å². The predicted molar refractivity (Wildman–Crippen MR) is 88.7 cm³/mol. The Morgan fingerprint density at radius 1 is 1.20 bits per heavy atom. The summed E-state index contributed by atoms with van der Waals surface area (Å²) in [4.78, 5) is 4.32. The molecule has 0 aliphatic heterocycles. The second kappa shape index (κ2) is 11.0. The number of hydrogen-bond acceptors (Lipinski definition) is 4. The Morgan fingerprint density at radius 3 is 2.75 bits per heavy atom. The molecule has 1 atom stereocenters. The van der Waals surface area contributed by atoms with Gasteiger partial charge in [0.25, 0.3) is 0 Å². The van der Waals surface area contributed by atoms with E-state index in [0.29, 0.717) is 6.04 Å². The highest BCUT2D eigenvalue weighted by molar-refractivity contribution is 7.99. The monoisotopic (exact) mass is 296 g/mol. The Labute approximate surface area is 127 Å². The van der Waals surface area contributed by atoms with E-state index in [1.54, 1.807) is 6.20 Å². The fraction of sp³-hybridized carbons (Fsp3) is 0.688. The van der Waals surface area contributed by atoms with E-state index in [2.05, 4.69) is 37.1 Å². The van der Waals surface area contributed by atoms with Crippen LogP contribution in [0.4, 0.5) is 0 Å². The summed E-state index contributed by atoms with van der Waals surface area (Å²) in [6, 6.07) is 2.49. The Morgan fingerprint density at radius 2 is 2.05 bits per heavy atom. The molecule has 114 valence electrons. The first-order valence-electron chi connectivity index (χ1n) is 7.70. The summed E-state index contributed by atoms with van der Waals surface area (Å²) >= 11 is 2.00. The lowest BCUT2D eigenvalue weighted by atomic mass is 10.1. The molecule has 4 heteroatoms. The number of hydrogen-bond donors (Lipinski definition) is 1. The molecule has 0 aliphatic rings. The lowest BCUT2D eigenvalue weighted by molar-refractivity contribution is 0.315. The minimum Gasteiger partial charge on any atom is -0.492 e. The number of pyridine rings is 1. The summed E-state index contributed by atoms with van der Waals surface area (Å²) < 4.78 is 5.68. The average molecular weight is 296 g/mol. The molecule has 3 nitrogen and oxygen atoms in total. The largest absolute Gasteiger partial charge is 0.492 e. The molecule has 0 saturated heterocycles. The van der Waals surface area contributed by atoms with Crippen LogP contribution in [0.2, 0.25) is 0 Å². The van der Waals surface area contributed by atoms with Gasteiger partial charge in [-0.25, -0.2) is 0 Å². The lowest BCUT2D eigenvalue weighted by Gasteiger charge is -2.19. The predicted octanol–water partition coefficient (Wildman–Crippen LogP) is 4.05. The molecule has 1 aromatic rings. The van der Waals surface area contributed by atoms with Gasteiger partial charge in [0.15, 0.2) is 0 Å². The fourth-order valence-corrected chi connectivity index (χ4v) is 2.86. The summed E-state index contributed by atoms with van der Waals surface area (Å²) in [5.41, 5.74) is 1.23. The maximum Gasteiger partial charge on any atom is 0.137 e. The normalized spacial score (nSPS) is 12.3. The molecule has 0 aliphatic carbocycles. The van der Waals surface area contributed by atoms with Crippen LogP contribution in [0.15, 0.2) is 18.5 Å². The molecule has 1 aromatic heterocycles. The SMILES string of the molecule is CCCNC(CSCCC)c1cncc(OCCC)c1. The molecule has 0 spiro atoms. The van der Waals surface area contributed by atoms with Crippen molar-refractivity contribution >= 4 is 11.8 Å². The maximum absolute atomic E-state index is 5.68. The van der Waals surface area contributed by atoms with Gasteiger partial charge in [-0.2, -0.15) is 11.8 Å². The number of nitrogens with zero attached hydrogens (tertiary/aromatic N) is 1. The zero-order valence-corrected chi connectivity index (χ0v) is 13.8. The molecule has 0 aromatic carbocycles. The van der Waals surface area contributed by atoms with Crippen molar-refractivity contribution in [3.05, 3.63) is 24.0 Å². The van der Waals surface area contributed by atoms with Crippen LogP contribution in [0.3, 0.4) is 0 Å². The van der Waals surface area contributed by atoms with Crippen molar-refractivity contribution in [3.8, 4) is 5.75 Å². The summed E-state index contributed by atoms with van der Waals surface area (Å²) in [6.45, 7) is 8.33. The molecule has 0 amide bonds. The molecule has 20 heavy (non-hydrogen) atoms. The van der Waals surface area contributed by atoms with Crippen LogP contribution in [0.25, 0.3) is 0 Å². The molecule has 0 radical (unpaired) electrons. The summed E-state index contributed by atoms with van der Waals surface area (Å²) in [5, 5.41) is 3.61. The van der Waals surface area contributed by atoms with E-state index in [-0.39, 0.29) is 0 Å². The summed E-state index contributed by atoms with van der Waals surface area (Å²) in [7, 11) is 0. The molecule has 0 fully saturated rings. The third kappa shape index (κ3) is 6.62. The second-order valence-corrected chi connectivity index (χ2v) is 6.03. The minimum absolute atomic E-state index is 0.365. The van der Waals surface area contributed by atoms with E-state index in [9.17, 15) is 0 Å². The van der Waals surface area contributed by atoms with Crippen LogP contribution >= 0.6 is 11.8 Å². The number of aromatic nitrogens is 1. The summed E-state index contributed by atoms with van der Waals surface area (Å²) in [6.07, 6.45) is 7.15. The minimum atomic E-state index is 0.365. The van der Waals surface area contributed by atoms with Crippen LogP contribution in [0.1, 0.15) is 51.6 Å². The van der Waals surface area contributed by atoms with Gasteiger partial charge in [0.05, 0.1) is 12.8 Å². The number of nitrogens with one attached hydrogen (secondary N) is 1. The highest BCUT2D eigenvalue weighted by Crippen LogP contribution is 2.22. The maximum atomic E-state index is 5.68. The highest BCUT2D eigenvalue weighted by Gasteiger charge is 2.12. The van der Waals surface area contributed by atoms with Crippen LogP contribution < -0.4 is 10.1 Å². The van der Waals surface area contributed by atoms with E-state index in [1.807, 2.05) is 18.0 Å². The third-order valence-corrected chi connectivity index (χ3v) is 4.15. The number of ether oxygens (including phenoxy) is 1. The van der Waals surface area contributed by atoms with Crippen molar-refractivity contribution in [3.63, 3.8) is 0 Å². The number of rotatable bonds is 11. The Balaban J connectivity index is 2.66. The quantitative estimate of drug-likeness (QED) is 0.625. The van der Waals surface area contributed by atoms with E-state index in [4.69, 9.17) is 4.74 Å². The first-order chi connectivity index (χ1) is 9.81. The molecule has 0 bridgehead atoms. The topological polar surface area (TPSA) is 34.2 Å². The van der Waals surface area contributed by atoms with E-state index in [0.717, 1.165) is 37.5 Å². The smallest absolute Gasteiger partial charge is 0.137 e. The standard InChI is InChI=1S/C16H28N2OS/c1-4-7-18-16(13-20-9-6-3)14-10-15(12-17-11-14)19-8-5-2/h10-12,16,18H,4-9,13H2,1-3H3. The van der Waals surface area contributed by atoms with Crippen molar-refractivity contribution in [2.75, 3.05) is 24.7 Å². The van der Waals surface area contributed by atoms with Crippen LogP contribution in [0, 0.1) is 0 Å². The van der Waals surface area contributed by atoms with E-state index < -0.39 is 0 Å². The first kappa shape index (κ1) is 17.3. The van der Waals surface area contributed by atoms with Crippen LogP contribution in [0.5, 0.6) is 5.75 Å². The molecule has 1 rings (SSSR count). The van der Waals surface area contributed by atoms with Crippen molar-refractivity contribution in [2.45, 2.75) is 46.1 Å². The van der Waals surface area contributed by atoms with Crippen molar-refractivity contribution in [1.29, 1.82) is 0 Å². The highest BCUT2D eigenvalue weighted by atomic mass is 32.2. The molecule has 1 N–H and O–H groups in total. The van der Waals surface area contributed by atoms with Crippen molar-refractivity contribution < 1.29 is 4.74 Å². The zero-order chi connectivity index (χ0) is 14.6. The van der Waals surface area contributed by atoms with Gasteiger partial charge in [-0.15, -0.1) is 0 Å². The second-order valence-electron chi connectivity index (χ2n) is 4.88. The van der Waals surface area contributed by atoms with E-state index in [1.165, 1.54) is 17.7 Å². The molecule has 0 saturated carbocycles. The number of thioether (sulfide) groups is 1. The van der Waals surface area contributed by atoms with Crippen LogP contribution in [-0.2, 0) is 0 Å². The van der Waals surface area contributed by atoms with Gasteiger partial charge in [-0.1, -0.05) is 20.8 Å². The molecule has 1 unspecified atom stereocenters. The van der Waals surface area contributed by atoms with Gasteiger partial charge in [0.1, 0.15) is 5.75 Å². The zero-order valence-electron chi connectivity index (χ0n) is 13.0. The van der Waals surface area contributed by atoms with Crippen LogP contribution in [-0.4, -0.2) is 29.6 Å². The third-order valence-electron chi connectivity index (χ3n) is 2.88. The van der Waals surface area contributed by atoms with Gasteiger partial charge < -0.3 is 10.1 Å². The fourth-order valence-electron chi connectivity index (χ4n) is 1.86. The van der Waals surface area contributed by atoms with Crippen molar-refractivity contribution in [2.24, 2.45) is 0 Å². The molecular formula is C16H28N2OS. The van der Waals surface area contributed by atoms with Gasteiger partial charge >= 0.3 is 0 Å². The lowest BCUT2D eigenvalue weighted by Crippen LogP contribution is -2.24. The Hall–Kier alpha value is -0.740. The average Bonchev–Trinajstić information content (AvgIpc) is 2.49. The van der Waals surface area contributed by atoms with Crippen molar-refractivity contribution in [1.82, 2.24) is 10.3 Å². The molecular weight excluding hydrogens is 268 g/mol. The van der Waals surface area contributed by atoms with Gasteiger partial charge in [-0.3, -0.25) is 4.98 Å². The van der Waals surface area contributed by atoms with Gasteiger partial charge in [0.2, 0.25) is 0 Å². The van der Waals surface area contributed by atoms with Gasteiger partial charge in [0, 0.05) is 18.0 Å². The Kier molecular flexibility index (Phi) is 9.50.